The second-order valence-electron chi connectivity index (χ2n) is 6.39. The maximum atomic E-state index is 12.6. The van der Waals surface area contributed by atoms with Crippen LogP contribution in [-0.4, -0.2) is 64.9 Å². The van der Waals surface area contributed by atoms with Crippen LogP contribution in [0.1, 0.15) is 22.5 Å². The van der Waals surface area contributed by atoms with Crippen molar-refractivity contribution >= 4 is 22.8 Å². The summed E-state index contributed by atoms with van der Waals surface area (Å²) in [5.41, 5.74) is 2.61. The summed E-state index contributed by atoms with van der Waals surface area (Å²) in [6.45, 7) is 4.63. The lowest BCUT2D eigenvalue weighted by Gasteiger charge is -2.15. The van der Waals surface area contributed by atoms with Crippen molar-refractivity contribution in [1.82, 2.24) is 20.4 Å². The number of aliphatic carboxylic acids is 1. The Balaban J connectivity index is 0.000000321. The Morgan fingerprint density at radius 3 is 2.67 bits per heavy atom. The molecule has 2 heterocycles. The van der Waals surface area contributed by atoms with E-state index < -0.39 is 12.1 Å². The number of amides is 1. The molecule has 1 amide bonds. The highest BCUT2D eigenvalue weighted by Crippen LogP contribution is 2.22. The number of fused-ring (bicyclic) bond motifs is 1. The topological polar surface area (TPSA) is 98.3 Å². The highest BCUT2D eigenvalue weighted by Gasteiger charge is 2.38. The number of carbonyl (C=O) groups is 2. The van der Waals surface area contributed by atoms with Crippen molar-refractivity contribution in [3.05, 3.63) is 29.5 Å². The van der Waals surface area contributed by atoms with E-state index in [0.717, 1.165) is 42.5 Å². The van der Waals surface area contributed by atoms with E-state index in [9.17, 15) is 18.0 Å². The Morgan fingerprint density at radius 2 is 2.07 bits per heavy atom. The van der Waals surface area contributed by atoms with E-state index in [4.69, 9.17) is 9.90 Å². The van der Waals surface area contributed by atoms with Crippen molar-refractivity contribution in [2.45, 2.75) is 19.5 Å². The molecule has 27 heavy (non-hydrogen) atoms. The number of aromatic amines is 1. The number of alkyl halides is 3. The van der Waals surface area contributed by atoms with Crippen molar-refractivity contribution in [2.75, 3.05) is 26.7 Å². The molecule has 1 fully saturated rings. The van der Waals surface area contributed by atoms with Gasteiger partial charge in [0.05, 0.1) is 5.52 Å². The monoisotopic (exact) mass is 386 g/mol. The van der Waals surface area contributed by atoms with Gasteiger partial charge in [0.1, 0.15) is 0 Å². The molecular weight excluding hydrogens is 365 g/mol. The van der Waals surface area contributed by atoms with Gasteiger partial charge in [-0.05, 0) is 45.0 Å². The van der Waals surface area contributed by atoms with Crippen LogP contribution in [0.4, 0.5) is 13.2 Å². The predicted octanol–water partition coefficient (Wildman–Crippen LogP) is 2.19. The number of nitrogens with one attached hydrogen (secondary N) is 2. The van der Waals surface area contributed by atoms with Crippen LogP contribution in [0.15, 0.2) is 18.2 Å². The normalized spacial score (nSPS) is 16.9. The zero-order valence-electron chi connectivity index (χ0n) is 14.9. The lowest BCUT2D eigenvalue weighted by molar-refractivity contribution is -0.192. The number of aromatic nitrogens is 2. The molecule has 0 aliphatic carbocycles. The maximum absolute atomic E-state index is 12.6. The van der Waals surface area contributed by atoms with E-state index >= 15 is 0 Å². The standard InChI is InChI=1S/C15H20N4O.C2HF3O2/c1-10-3-4-13-12(7-10)14(18-17-13)15(20)19-6-5-11(9-19)8-16-2;3-2(4,5)1(6)7/h3-4,7,11,16H,5-6,8-9H2,1-2H3,(H,17,18);(H,6,7). The third-order valence-corrected chi connectivity index (χ3v) is 4.23. The minimum Gasteiger partial charge on any atom is -0.475 e. The van der Waals surface area contributed by atoms with Crippen LogP contribution in [0.5, 0.6) is 0 Å². The number of carbonyl (C=O) groups excluding carboxylic acids is 1. The fourth-order valence-corrected chi connectivity index (χ4v) is 2.91. The zero-order valence-corrected chi connectivity index (χ0v) is 14.9. The van der Waals surface area contributed by atoms with Gasteiger partial charge in [-0.2, -0.15) is 18.3 Å². The second-order valence-corrected chi connectivity index (χ2v) is 6.39. The van der Waals surface area contributed by atoms with Crippen LogP contribution in [0.25, 0.3) is 10.9 Å². The molecule has 1 unspecified atom stereocenters. The third-order valence-electron chi connectivity index (χ3n) is 4.23. The lowest BCUT2D eigenvalue weighted by atomic mass is 10.1. The van der Waals surface area contributed by atoms with Gasteiger partial charge in [0, 0.05) is 18.5 Å². The van der Waals surface area contributed by atoms with Gasteiger partial charge in [0.15, 0.2) is 5.69 Å². The Morgan fingerprint density at radius 1 is 1.41 bits per heavy atom. The van der Waals surface area contributed by atoms with Crippen LogP contribution < -0.4 is 5.32 Å². The first-order valence-electron chi connectivity index (χ1n) is 8.32. The number of nitrogens with zero attached hydrogens (tertiary/aromatic N) is 2. The van der Waals surface area contributed by atoms with Gasteiger partial charge < -0.3 is 15.3 Å². The van der Waals surface area contributed by atoms with Crippen LogP contribution >= 0.6 is 0 Å². The molecule has 0 radical (unpaired) electrons. The first-order chi connectivity index (χ1) is 12.6. The molecule has 1 aliphatic rings. The van der Waals surface area contributed by atoms with Gasteiger partial charge in [-0.25, -0.2) is 4.79 Å². The number of carboxylic acids is 1. The van der Waals surface area contributed by atoms with Crippen molar-refractivity contribution in [2.24, 2.45) is 5.92 Å². The smallest absolute Gasteiger partial charge is 0.475 e. The summed E-state index contributed by atoms with van der Waals surface area (Å²) in [6.07, 6.45) is -4.02. The number of carboxylic acid groups (broad SMARTS) is 1. The largest absolute Gasteiger partial charge is 0.490 e. The van der Waals surface area contributed by atoms with Crippen molar-refractivity contribution in [3.63, 3.8) is 0 Å². The van der Waals surface area contributed by atoms with Crippen LogP contribution in [0, 0.1) is 12.8 Å². The zero-order chi connectivity index (χ0) is 20.2. The molecule has 0 spiro atoms. The molecule has 3 N–H and O–H groups in total. The summed E-state index contributed by atoms with van der Waals surface area (Å²) in [4.78, 5) is 23.4. The second kappa shape index (κ2) is 8.38. The number of rotatable bonds is 3. The van der Waals surface area contributed by atoms with E-state index in [0.29, 0.717) is 11.6 Å². The Labute approximate surface area is 153 Å². The van der Waals surface area contributed by atoms with E-state index in [1.165, 1.54) is 0 Å². The highest BCUT2D eigenvalue weighted by molar-refractivity contribution is 6.04. The lowest BCUT2D eigenvalue weighted by Crippen LogP contribution is -2.30. The summed E-state index contributed by atoms with van der Waals surface area (Å²) in [5, 5.41) is 18.4. The van der Waals surface area contributed by atoms with Crippen molar-refractivity contribution < 1.29 is 27.9 Å². The molecule has 1 aromatic heterocycles. The molecule has 0 saturated carbocycles. The summed E-state index contributed by atoms with van der Waals surface area (Å²) in [5.74, 6) is -2.16. The molecule has 1 aromatic carbocycles. The molecule has 0 bridgehead atoms. The number of H-pyrrole nitrogens is 1. The molecule has 148 valence electrons. The van der Waals surface area contributed by atoms with E-state index in [1.807, 2.05) is 37.1 Å². The first-order valence-corrected chi connectivity index (χ1v) is 8.32. The quantitative estimate of drug-likeness (QED) is 0.751. The molecule has 3 rings (SSSR count). The van der Waals surface area contributed by atoms with E-state index in [2.05, 4.69) is 15.5 Å². The molecule has 1 atom stereocenters. The van der Waals surface area contributed by atoms with Crippen molar-refractivity contribution in [1.29, 1.82) is 0 Å². The van der Waals surface area contributed by atoms with Gasteiger partial charge in [-0.3, -0.25) is 9.89 Å². The summed E-state index contributed by atoms with van der Waals surface area (Å²) in [7, 11) is 1.95. The number of aryl methyl sites for hydroxylation is 1. The van der Waals surface area contributed by atoms with Crippen LogP contribution in [-0.2, 0) is 4.79 Å². The number of hydrogen-bond donors (Lipinski definition) is 3. The molecule has 7 nitrogen and oxygen atoms in total. The van der Waals surface area contributed by atoms with Gasteiger partial charge in [-0.15, -0.1) is 0 Å². The summed E-state index contributed by atoms with van der Waals surface area (Å²) in [6, 6.07) is 6.02. The third kappa shape index (κ3) is 5.19. The minimum atomic E-state index is -5.08. The fraction of sp³-hybridized carbons (Fsp3) is 0.471. The number of benzene rings is 1. The highest BCUT2D eigenvalue weighted by atomic mass is 19.4. The van der Waals surface area contributed by atoms with Gasteiger partial charge in [0.2, 0.25) is 0 Å². The number of halogens is 3. The van der Waals surface area contributed by atoms with Gasteiger partial charge >= 0.3 is 12.1 Å². The molecule has 10 heteroatoms. The molecule has 1 saturated heterocycles. The molecular formula is C17H21F3N4O3. The molecule has 1 aliphatic heterocycles. The van der Waals surface area contributed by atoms with Gasteiger partial charge in [-0.1, -0.05) is 11.6 Å². The fourth-order valence-electron chi connectivity index (χ4n) is 2.91. The Kier molecular flexibility index (Phi) is 6.42. The van der Waals surface area contributed by atoms with Crippen LogP contribution in [0.3, 0.4) is 0 Å². The Hall–Kier alpha value is -2.62. The SMILES string of the molecule is CNCC1CCN(C(=O)c2n[nH]c3ccc(C)cc23)C1.O=C(O)C(F)(F)F. The summed E-state index contributed by atoms with van der Waals surface area (Å²) >= 11 is 0. The number of hydrogen-bond acceptors (Lipinski definition) is 4. The molecule has 2 aromatic rings. The average molecular weight is 386 g/mol. The first kappa shape index (κ1) is 20.7. The predicted molar refractivity (Wildman–Crippen MR) is 92.5 cm³/mol. The van der Waals surface area contributed by atoms with Crippen LogP contribution in [0.2, 0.25) is 0 Å². The summed E-state index contributed by atoms with van der Waals surface area (Å²) < 4.78 is 31.7. The number of likely N-dealkylation sites (tertiary alicyclic amines) is 1. The average Bonchev–Trinajstić information content (AvgIpc) is 3.21. The maximum Gasteiger partial charge on any atom is 0.490 e. The van der Waals surface area contributed by atoms with E-state index in [1.54, 1.807) is 0 Å². The van der Waals surface area contributed by atoms with E-state index in [-0.39, 0.29) is 5.91 Å². The Bertz CT molecular complexity index is 819. The minimum absolute atomic E-state index is 0.0421. The van der Waals surface area contributed by atoms with Gasteiger partial charge in [0.25, 0.3) is 5.91 Å². The van der Waals surface area contributed by atoms with Crippen molar-refractivity contribution in [3.8, 4) is 0 Å².